The van der Waals surface area contributed by atoms with Crippen molar-refractivity contribution in [2.75, 3.05) is 13.7 Å². The lowest BCUT2D eigenvalue weighted by molar-refractivity contribution is 0.0526. The highest BCUT2D eigenvalue weighted by Crippen LogP contribution is 2.33. The highest BCUT2D eigenvalue weighted by atomic mass is 16.5. The second kappa shape index (κ2) is 6.94. The Labute approximate surface area is 140 Å². The SMILES string of the molecule is CCOC(=O)c1ccc(Oc2ccc3c(c2)COB3O)c(OC)c1. The Kier molecular flexibility index (Phi) is 4.73. The Hall–Kier alpha value is -2.51. The second-order valence-corrected chi connectivity index (χ2v) is 5.21. The standard InChI is InChI=1S/C17H17BO6/c1-3-22-17(19)11-4-7-15(16(9-11)21-2)24-13-5-6-14-12(8-13)10-23-18(14)20/h4-9,20H,3,10H2,1-2H3. The van der Waals surface area contributed by atoms with Gasteiger partial charge >= 0.3 is 13.1 Å². The van der Waals surface area contributed by atoms with Gasteiger partial charge in [-0.2, -0.15) is 0 Å². The Bertz CT molecular complexity index is 761. The average molecular weight is 328 g/mol. The normalized spacial score (nSPS) is 12.7. The largest absolute Gasteiger partial charge is 0.493 e. The van der Waals surface area contributed by atoms with Gasteiger partial charge in [-0.05, 0) is 48.3 Å². The van der Waals surface area contributed by atoms with Crippen molar-refractivity contribution in [3.63, 3.8) is 0 Å². The molecule has 1 aliphatic rings. The molecule has 1 heterocycles. The van der Waals surface area contributed by atoms with Gasteiger partial charge < -0.3 is 23.9 Å². The van der Waals surface area contributed by atoms with Gasteiger partial charge in [0.25, 0.3) is 0 Å². The summed E-state index contributed by atoms with van der Waals surface area (Å²) in [5.74, 6) is 1.09. The molecule has 0 fully saturated rings. The van der Waals surface area contributed by atoms with Crippen LogP contribution in [0.4, 0.5) is 0 Å². The molecule has 0 unspecified atom stereocenters. The van der Waals surface area contributed by atoms with E-state index < -0.39 is 13.1 Å². The molecular formula is C17H17BO6. The zero-order valence-electron chi connectivity index (χ0n) is 13.4. The quantitative estimate of drug-likeness (QED) is 0.667. The van der Waals surface area contributed by atoms with Crippen molar-refractivity contribution in [3.05, 3.63) is 47.5 Å². The third kappa shape index (κ3) is 3.22. The van der Waals surface area contributed by atoms with Crippen LogP contribution in [0, 0.1) is 0 Å². The van der Waals surface area contributed by atoms with Crippen LogP contribution in [0.5, 0.6) is 17.2 Å². The molecule has 124 valence electrons. The molecule has 1 N–H and O–H groups in total. The summed E-state index contributed by atoms with van der Waals surface area (Å²) in [4.78, 5) is 11.8. The first-order valence-corrected chi connectivity index (χ1v) is 7.58. The van der Waals surface area contributed by atoms with E-state index in [1.807, 2.05) is 6.07 Å². The number of methoxy groups -OCH3 is 1. The van der Waals surface area contributed by atoms with Gasteiger partial charge in [-0.25, -0.2) is 4.79 Å². The molecule has 0 spiro atoms. The van der Waals surface area contributed by atoms with Crippen molar-refractivity contribution < 1.29 is 28.7 Å². The number of benzene rings is 2. The Balaban J connectivity index is 1.83. The summed E-state index contributed by atoms with van der Waals surface area (Å²) >= 11 is 0. The van der Waals surface area contributed by atoms with Crippen LogP contribution in [-0.4, -0.2) is 31.8 Å². The predicted molar refractivity (Wildman–Crippen MR) is 87.9 cm³/mol. The highest BCUT2D eigenvalue weighted by Gasteiger charge is 2.27. The van der Waals surface area contributed by atoms with Gasteiger partial charge in [0.15, 0.2) is 11.5 Å². The summed E-state index contributed by atoms with van der Waals surface area (Å²) in [6.07, 6.45) is 0. The second-order valence-electron chi connectivity index (χ2n) is 5.21. The van der Waals surface area contributed by atoms with Gasteiger partial charge in [-0.3, -0.25) is 0 Å². The topological polar surface area (TPSA) is 74.2 Å². The molecule has 0 aromatic heterocycles. The number of hydrogen-bond donors (Lipinski definition) is 1. The molecule has 0 saturated heterocycles. The van der Waals surface area contributed by atoms with Crippen LogP contribution in [0.1, 0.15) is 22.8 Å². The third-order valence-corrected chi connectivity index (χ3v) is 3.68. The van der Waals surface area contributed by atoms with Crippen LogP contribution in [0.15, 0.2) is 36.4 Å². The smallest absolute Gasteiger partial charge is 0.491 e. The summed E-state index contributed by atoms with van der Waals surface area (Å²) in [7, 11) is 0.622. The summed E-state index contributed by atoms with van der Waals surface area (Å²) in [5, 5.41) is 9.64. The van der Waals surface area contributed by atoms with Gasteiger partial charge in [0.1, 0.15) is 5.75 Å². The maximum Gasteiger partial charge on any atom is 0.491 e. The molecule has 0 amide bonds. The van der Waals surface area contributed by atoms with Crippen molar-refractivity contribution in [1.29, 1.82) is 0 Å². The minimum Gasteiger partial charge on any atom is -0.493 e. The molecule has 0 radical (unpaired) electrons. The number of esters is 1. The van der Waals surface area contributed by atoms with Gasteiger partial charge in [0, 0.05) is 0 Å². The number of hydrogen-bond acceptors (Lipinski definition) is 6. The van der Waals surface area contributed by atoms with Gasteiger partial charge in [0.2, 0.25) is 0 Å². The first-order chi connectivity index (χ1) is 11.6. The molecule has 24 heavy (non-hydrogen) atoms. The van der Waals surface area contributed by atoms with Crippen LogP contribution >= 0.6 is 0 Å². The van der Waals surface area contributed by atoms with E-state index in [4.69, 9.17) is 18.9 Å². The summed E-state index contributed by atoms with van der Waals surface area (Å²) < 4.78 is 21.3. The van der Waals surface area contributed by atoms with Crippen LogP contribution in [0.25, 0.3) is 0 Å². The van der Waals surface area contributed by atoms with E-state index in [1.54, 1.807) is 37.3 Å². The summed E-state index contributed by atoms with van der Waals surface area (Å²) in [6.45, 7) is 2.40. The van der Waals surface area contributed by atoms with Gasteiger partial charge in [-0.15, -0.1) is 0 Å². The molecule has 2 aromatic rings. The van der Waals surface area contributed by atoms with E-state index in [0.717, 1.165) is 11.0 Å². The molecule has 0 aliphatic carbocycles. The van der Waals surface area contributed by atoms with Gasteiger partial charge in [-0.1, -0.05) is 6.07 Å². The van der Waals surface area contributed by atoms with E-state index in [1.165, 1.54) is 7.11 Å². The van der Waals surface area contributed by atoms with E-state index in [2.05, 4.69) is 0 Å². The number of carbonyl (C=O) groups is 1. The van der Waals surface area contributed by atoms with Gasteiger partial charge in [0.05, 0.1) is 25.9 Å². The molecule has 1 aliphatic heterocycles. The van der Waals surface area contributed by atoms with E-state index >= 15 is 0 Å². The summed E-state index contributed by atoms with van der Waals surface area (Å²) in [6, 6.07) is 10.2. The lowest BCUT2D eigenvalue weighted by Crippen LogP contribution is -2.27. The number of ether oxygens (including phenoxy) is 3. The predicted octanol–water partition coefficient (Wildman–Crippen LogP) is 1.88. The maximum atomic E-state index is 11.8. The van der Waals surface area contributed by atoms with Crippen molar-refractivity contribution in [2.45, 2.75) is 13.5 Å². The Morgan fingerprint density at radius 1 is 1.25 bits per heavy atom. The minimum atomic E-state index is -0.882. The number of rotatable bonds is 5. The maximum absolute atomic E-state index is 11.8. The van der Waals surface area contributed by atoms with Crippen molar-refractivity contribution in [1.82, 2.24) is 0 Å². The Morgan fingerprint density at radius 3 is 2.83 bits per heavy atom. The lowest BCUT2D eigenvalue weighted by Gasteiger charge is -2.12. The zero-order chi connectivity index (χ0) is 17.1. The van der Waals surface area contributed by atoms with Crippen LogP contribution in [0.2, 0.25) is 0 Å². The van der Waals surface area contributed by atoms with E-state index in [0.29, 0.717) is 36.0 Å². The summed E-state index contributed by atoms with van der Waals surface area (Å²) in [5.41, 5.74) is 2.01. The lowest BCUT2D eigenvalue weighted by atomic mass is 9.80. The van der Waals surface area contributed by atoms with E-state index in [9.17, 15) is 9.82 Å². The molecular weight excluding hydrogens is 311 g/mol. The van der Waals surface area contributed by atoms with Crippen molar-refractivity contribution in [3.8, 4) is 17.2 Å². The fraction of sp³-hybridized carbons (Fsp3) is 0.235. The third-order valence-electron chi connectivity index (χ3n) is 3.68. The van der Waals surface area contributed by atoms with Crippen LogP contribution < -0.4 is 14.9 Å². The number of carbonyl (C=O) groups excluding carboxylic acids is 1. The monoisotopic (exact) mass is 328 g/mol. The minimum absolute atomic E-state index is 0.308. The molecule has 7 heteroatoms. The van der Waals surface area contributed by atoms with Crippen LogP contribution in [-0.2, 0) is 16.0 Å². The van der Waals surface area contributed by atoms with Crippen molar-refractivity contribution in [2.24, 2.45) is 0 Å². The molecule has 0 bridgehead atoms. The Morgan fingerprint density at radius 2 is 2.08 bits per heavy atom. The fourth-order valence-electron chi connectivity index (χ4n) is 2.49. The fourth-order valence-corrected chi connectivity index (χ4v) is 2.49. The van der Waals surface area contributed by atoms with Crippen LogP contribution in [0.3, 0.4) is 0 Å². The highest BCUT2D eigenvalue weighted by molar-refractivity contribution is 6.61. The molecule has 2 aromatic carbocycles. The molecule has 0 atom stereocenters. The molecule has 3 rings (SSSR count). The average Bonchev–Trinajstić information content (AvgIpc) is 2.96. The van der Waals surface area contributed by atoms with E-state index in [-0.39, 0.29) is 0 Å². The number of fused-ring (bicyclic) bond motifs is 1. The zero-order valence-corrected chi connectivity index (χ0v) is 13.4. The first-order valence-electron chi connectivity index (χ1n) is 7.58. The molecule has 6 nitrogen and oxygen atoms in total. The molecule has 0 saturated carbocycles. The first kappa shape index (κ1) is 16.4. The van der Waals surface area contributed by atoms with Crippen molar-refractivity contribution >= 4 is 18.6 Å².